The van der Waals surface area contributed by atoms with Crippen molar-refractivity contribution in [2.75, 3.05) is 9.80 Å². The minimum atomic E-state index is 0.232. The van der Waals surface area contributed by atoms with E-state index in [2.05, 4.69) is 72.8 Å². The first kappa shape index (κ1) is 37.8. The van der Waals surface area contributed by atoms with Crippen molar-refractivity contribution in [3.8, 4) is 22.3 Å². The molecule has 4 N–H and O–H groups in total. The molecule has 0 saturated heterocycles. The second-order valence-corrected chi connectivity index (χ2v) is 15.3. The Balaban J connectivity index is 1.02. The van der Waals surface area contributed by atoms with Gasteiger partial charge in [0, 0.05) is 33.6 Å². The molecule has 10 rings (SSSR count). The van der Waals surface area contributed by atoms with Crippen LogP contribution < -0.4 is 9.80 Å². The van der Waals surface area contributed by atoms with Crippen molar-refractivity contribution < 1.29 is 0 Å². The fourth-order valence-electron chi connectivity index (χ4n) is 8.53. The molecule has 0 amide bonds. The highest BCUT2D eigenvalue weighted by Crippen LogP contribution is 2.43. The van der Waals surface area contributed by atoms with E-state index in [1.165, 1.54) is 21.5 Å². The lowest BCUT2D eigenvalue weighted by Gasteiger charge is -2.26. The van der Waals surface area contributed by atoms with Crippen LogP contribution in [0.15, 0.2) is 218 Å². The van der Waals surface area contributed by atoms with E-state index in [1.54, 1.807) is 9.80 Å². The summed E-state index contributed by atoms with van der Waals surface area (Å²) < 4.78 is 0. The molecule has 0 radical (unpaired) electrons. The minimum absolute atomic E-state index is 0.232. The van der Waals surface area contributed by atoms with Crippen LogP contribution in [0.1, 0.15) is 22.3 Å². The molecule has 0 fully saturated rings. The Kier molecular flexibility index (Phi) is 9.71. The van der Waals surface area contributed by atoms with Crippen LogP contribution in [0.4, 0.5) is 11.4 Å². The molecule has 0 aliphatic rings. The Morgan fingerprint density at radius 3 is 0.839 bits per heavy atom. The topological polar surface area (TPSA) is 102 Å². The summed E-state index contributed by atoms with van der Waals surface area (Å²) in [5.41, 5.74) is 8.71. The number of amidine groups is 4. The van der Waals surface area contributed by atoms with Gasteiger partial charge in [0.1, 0.15) is 23.3 Å². The van der Waals surface area contributed by atoms with Crippen LogP contribution in [0.25, 0.3) is 54.6 Å². The average Bonchev–Trinajstić information content (AvgIpc) is 3.34. The third-order valence-corrected chi connectivity index (χ3v) is 11.6. The molecule has 10 aromatic carbocycles. The lowest BCUT2D eigenvalue weighted by atomic mass is 9.87. The second kappa shape index (κ2) is 15.9. The highest BCUT2D eigenvalue weighted by atomic mass is 15.2. The van der Waals surface area contributed by atoms with Crippen molar-refractivity contribution in [3.05, 3.63) is 241 Å². The number of rotatable bonds is 8. The van der Waals surface area contributed by atoms with Crippen LogP contribution in [0.3, 0.4) is 0 Å². The summed E-state index contributed by atoms with van der Waals surface area (Å²) in [6.07, 6.45) is 0. The van der Waals surface area contributed by atoms with Crippen LogP contribution in [0.5, 0.6) is 0 Å². The summed E-state index contributed by atoms with van der Waals surface area (Å²) in [6, 6.07) is 72.3. The van der Waals surface area contributed by atoms with Crippen molar-refractivity contribution in [2.24, 2.45) is 0 Å². The van der Waals surface area contributed by atoms with Gasteiger partial charge >= 0.3 is 0 Å². The quantitative estimate of drug-likeness (QED) is 0.0699. The molecular formula is C56H40N6. The summed E-state index contributed by atoms with van der Waals surface area (Å²) in [5, 5.41) is 43.9. The molecule has 294 valence electrons. The number of hydrogen-bond acceptors (Lipinski definition) is 4. The Morgan fingerprint density at radius 2 is 0.548 bits per heavy atom. The molecule has 0 unspecified atom stereocenters. The molecule has 6 heteroatoms. The summed E-state index contributed by atoms with van der Waals surface area (Å²) >= 11 is 0. The van der Waals surface area contributed by atoms with Gasteiger partial charge in [-0.1, -0.05) is 194 Å². The van der Waals surface area contributed by atoms with E-state index in [9.17, 15) is 21.6 Å². The maximum Gasteiger partial charge on any atom is 0.138 e. The van der Waals surface area contributed by atoms with Gasteiger partial charge in [-0.2, -0.15) is 0 Å². The Labute approximate surface area is 360 Å². The maximum atomic E-state index is 9.22. The van der Waals surface area contributed by atoms with Gasteiger partial charge < -0.3 is 0 Å². The SMILES string of the molecule is N=C(c1ccccc1)N(C(=N)c1ccccc1)c1ccc(-c2ccc3ccc4c(-c5ccc(N(C(=N)c6ccccc6)C(=N)c6ccccc6)cc5)ccc5ccc2c3c54)cc1. The number of hydrogen-bond donors (Lipinski definition) is 4. The zero-order chi connectivity index (χ0) is 42.2. The number of nitrogens with one attached hydrogen (secondary N) is 4. The van der Waals surface area contributed by atoms with Gasteiger partial charge in [0.05, 0.1) is 0 Å². The fourth-order valence-corrected chi connectivity index (χ4v) is 8.53. The minimum Gasteiger partial charge on any atom is -0.284 e. The molecule has 0 aromatic heterocycles. The third-order valence-electron chi connectivity index (χ3n) is 11.6. The molecule has 6 nitrogen and oxygen atoms in total. The van der Waals surface area contributed by atoms with Gasteiger partial charge in [0.25, 0.3) is 0 Å². The van der Waals surface area contributed by atoms with E-state index in [1.807, 2.05) is 146 Å². The maximum absolute atomic E-state index is 9.22. The normalized spacial score (nSPS) is 11.2. The smallest absolute Gasteiger partial charge is 0.138 e. The van der Waals surface area contributed by atoms with Crippen LogP contribution in [-0.4, -0.2) is 23.3 Å². The van der Waals surface area contributed by atoms with Crippen LogP contribution in [0.2, 0.25) is 0 Å². The van der Waals surface area contributed by atoms with Crippen LogP contribution >= 0.6 is 0 Å². The number of benzene rings is 10. The molecule has 0 saturated carbocycles. The lowest BCUT2D eigenvalue weighted by Crippen LogP contribution is -2.37. The first-order valence-corrected chi connectivity index (χ1v) is 20.5. The predicted molar refractivity (Wildman–Crippen MR) is 259 cm³/mol. The van der Waals surface area contributed by atoms with Gasteiger partial charge in [-0.25, -0.2) is 0 Å². The standard InChI is InChI=1S/C56H40N6/c57-53(41-13-5-1-6-14-41)61(54(58)42-15-7-2-8-16-42)45-29-21-37(22-30-45)47-33-25-39-28-36-50-48(34-26-40-27-35-49(47)51(39)52(40)50)38-23-31-46(32-24-38)62(55(59)43-17-9-3-10-18-43)56(60)44-19-11-4-12-20-44/h1-36,57-60H. The molecule has 0 aliphatic heterocycles. The zero-order valence-electron chi connectivity index (χ0n) is 33.7. The van der Waals surface area contributed by atoms with E-state index in [-0.39, 0.29) is 23.3 Å². The summed E-state index contributed by atoms with van der Waals surface area (Å²) in [7, 11) is 0. The molecule has 10 aromatic rings. The molecule has 0 aliphatic carbocycles. The molecule has 62 heavy (non-hydrogen) atoms. The lowest BCUT2D eigenvalue weighted by molar-refractivity contribution is 1.28. The zero-order valence-corrected chi connectivity index (χ0v) is 33.7. The van der Waals surface area contributed by atoms with Gasteiger partial charge in [-0.15, -0.1) is 0 Å². The van der Waals surface area contributed by atoms with Crippen molar-refractivity contribution in [2.45, 2.75) is 0 Å². The van der Waals surface area contributed by atoms with E-state index < -0.39 is 0 Å². The van der Waals surface area contributed by atoms with Crippen molar-refractivity contribution >= 4 is 67.0 Å². The van der Waals surface area contributed by atoms with Gasteiger partial charge in [0.2, 0.25) is 0 Å². The molecule has 0 spiro atoms. The second-order valence-electron chi connectivity index (χ2n) is 15.3. The molecule has 0 heterocycles. The van der Waals surface area contributed by atoms with Crippen molar-refractivity contribution in [1.29, 1.82) is 21.6 Å². The van der Waals surface area contributed by atoms with Crippen LogP contribution in [0, 0.1) is 21.6 Å². The first-order chi connectivity index (χ1) is 30.4. The van der Waals surface area contributed by atoms with Crippen molar-refractivity contribution in [1.82, 2.24) is 0 Å². The first-order valence-electron chi connectivity index (χ1n) is 20.5. The van der Waals surface area contributed by atoms with E-state index in [0.717, 1.165) is 66.7 Å². The summed E-state index contributed by atoms with van der Waals surface area (Å²) in [6.45, 7) is 0. The summed E-state index contributed by atoms with van der Waals surface area (Å²) in [4.78, 5) is 3.40. The fraction of sp³-hybridized carbons (Fsp3) is 0. The number of anilines is 2. The highest BCUT2D eigenvalue weighted by molar-refractivity contribution is 6.30. The van der Waals surface area contributed by atoms with E-state index in [4.69, 9.17) is 0 Å². The number of nitrogens with zero attached hydrogens (tertiary/aromatic N) is 2. The molecule has 0 bridgehead atoms. The highest BCUT2D eigenvalue weighted by Gasteiger charge is 2.23. The van der Waals surface area contributed by atoms with Gasteiger partial charge in [0.15, 0.2) is 0 Å². The Hall–Kier alpha value is -8.48. The van der Waals surface area contributed by atoms with Gasteiger partial charge in [-0.05, 0) is 78.8 Å². The van der Waals surface area contributed by atoms with E-state index in [0.29, 0.717) is 0 Å². The third kappa shape index (κ3) is 6.76. The predicted octanol–water partition coefficient (Wildman–Crippen LogP) is 13.6. The van der Waals surface area contributed by atoms with E-state index >= 15 is 0 Å². The molecule has 0 atom stereocenters. The largest absolute Gasteiger partial charge is 0.284 e. The van der Waals surface area contributed by atoms with Crippen molar-refractivity contribution in [3.63, 3.8) is 0 Å². The molecular weight excluding hydrogens is 757 g/mol. The average molecular weight is 797 g/mol. The monoisotopic (exact) mass is 796 g/mol. The van der Waals surface area contributed by atoms with Crippen LogP contribution in [-0.2, 0) is 0 Å². The summed E-state index contributed by atoms with van der Waals surface area (Å²) in [5.74, 6) is 0.930. The Bertz CT molecular complexity index is 2950. The van der Waals surface area contributed by atoms with Gasteiger partial charge in [-0.3, -0.25) is 31.4 Å². The Morgan fingerprint density at radius 1 is 0.274 bits per heavy atom.